The number of rotatable bonds is 3. The van der Waals surface area contributed by atoms with E-state index in [0.29, 0.717) is 16.8 Å². The van der Waals surface area contributed by atoms with Crippen LogP contribution >= 0.6 is 15.9 Å². The summed E-state index contributed by atoms with van der Waals surface area (Å²) in [4.78, 5) is 11.9. The summed E-state index contributed by atoms with van der Waals surface area (Å²) < 4.78 is 17.1. The van der Waals surface area contributed by atoms with E-state index in [4.69, 9.17) is 14.1 Å². The smallest absolute Gasteiger partial charge is 0.407 e. The van der Waals surface area contributed by atoms with Gasteiger partial charge in [-0.05, 0) is 68.9 Å². The number of nitrogens with zero attached hydrogens (tertiary/aromatic N) is 2. The fourth-order valence-corrected chi connectivity index (χ4v) is 3.32. The van der Waals surface area contributed by atoms with Gasteiger partial charge in [-0.2, -0.15) is 0 Å². The maximum atomic E-state index is 11.9. The SMILES string of the molecule is CC(C)(C)OC(=O)NC1CCC(Oc2cc(Br)cc3nonc23)CC1. The molecule has 0 spiro atoms. The van der Waals surface area contributed by atoms with E-state index in [1.807, 2.05) is 32.9 Å². The van der Waals surface area contributed by atoms with Crippen molar-refractivity contribution < 1.29 is 18.9 Å². The molecule has 1 aromatic carbocycles. The Kier molecular flexibility index (Phi) is 5.17. The van der Waals surface area contributed by atoms with Crippen molar-refractivity contribution in [3.05, 3.63) is 16.6 Å². The monoisotopic (exact) mass is 411 g/mol. The number of amides is 1. The van der Waals surface area contributed by atoms with E-state index in [0.717, 1.165) is 30.2 Å². The molecule has 0 atom stereocenters. The summed E-state index contributed by atoms with van der Waals surface area (Å²) in [5, 5.41) is 10.7. The second-order valence-corrected chi connectivity index (χ2v) is 8.19. The van der Waals surface area contributed by atoms with Crippen LogP contribution in [-0.2, 0) is 4.74 Å². The van der Waals surface area contributed by atoms with Crippen molar-refractivity contribution in [3.8, 4) is 5.75 Å². The molecule has 0 radical (unpaired) electrons. The lowest BCUT2D eigenvalue weighted by Gasteiger charge is -2.30. The molecule has 1 N–H and O–H groups in total. The average Bonchev–Trinajstić information content (AvgIpc) is 2.95. The van der Waals surface area contributed by atoms with Crippen LogP contribution in [0.5, 0.6) is 5.75 Å². The predicted molar refractivity (Wildman–Crippen MR) is 95.5 cm³/mol. The summed E-state index contributed by atoms with van der Waals surface area (Å²) in [6.07, 6.45) is 3.10. The minimum Gasteiger partial charge on any atom is -0.488 e. The van der Waals surface area contributed by atoms with Crippen molar-refractivity contribution in [2.75, 3.05) is 0 Å². The number of alkyl carbamates (subject to hydrolysis) is 1. The number of ether oxygens (including phenoxy) is 2. The summed E-state index contributed by atoms with van der Waals surface area (Å²) >= 11 is 3.44. The molecule has 1 heterocycles. The van der Waals surface area contributed by atoms with Gasteiger partial charge in [-0.3, -0.25) is 0 Å². The average molecular weight is 412 g/mol. The summed E-state index contributed by atoms with van der Waals surface area (Å²) in [5.74, 6) is 0.661. The van der Waals surface area contributed by atoms with Gasteiger partial charge in [0.05, 0.1) is 6.10 Å². The molecule has 1 fully saturated rings. The van der Waals surface area contributed by atoms with Crippen LogP contribution in [0.2, 0.25) is 0 Å². The lowest BCUT2D eigenvalue weighted by atomic mass is 9.93. The van der Waals surface area contributed by atoms with Gasteiger partial charge in [0.1, 0.15) is 11.1 Å². The second kappa shape index (κ2) is 7.19. The lowest BCUT2D eigenvalue weighted by Crippen LogP contribution is -2.42. The van der Waals surface area contributed by atoms with Crippen LogP contribution in [-0.4, -0.2) is 34.2 Å². The molecule has 1 amide bonds. The molecule has 1 aromatic heterocycles. The van der Waals surface area contributed by atoms with Gasteiger partial charge in [0, 0.05) is 10.5 Å². The van der Waals surface area contributed by atoms with Crippen LogP contribution in [0.15, 0.2) is 21.2 Å². The summed E-state index contributed by atoms with van der Waals surface area (Å²) in [6.45, 7) is 5.57. The Morgan fingerprint density at radius 2 is 1.96 bits per heavy atom. The summed E-state index contributed by atoms with van der Waals surface area (Å²) in [7, 11) is 0. The van der Waals surface area contributed by atoms with Gasteiger partial charge >= 0.3 is 6.09 Å². The predicted octanol–water partition coefficient (Wildman–Crippen LogP) is 4.20. The molecule has 7 nitrogen and oxygen atoms in total. The first-order valence-electron chi connectivity index (χ1n) is 8.38. The Morgan fingerprint density at radius 3 is 2.64 bits per heavy atom. The molecule has 0 bridgehead atoms. The zero-order valence-corrected chi connectivity index (χ0v) is 16.1. The molecule has 3 rings (SSSR count). The van der Waals surface area contributed by atoms with Crippen molar-refractivity contribution in [2.45, 2.75) is 64.2 Å². The van der Waals surface area contributed by atoms with E-state index in [9.17, 15) is 4.79 Å². The highest BCUT2D eigenvalue weighted by Gasteiger charge is 2.26. The van der Waals surface area contributed by atoms with Crippen LogP contribution in [0, 0.1) is 0 Å². The number of fused-ring (bicyclic) bond motifs is 1. The van der Waals surface area contributed by atoms with Gasteiger partial charge in [-0.1, -0.05) is 15.9 Å². The van der Waals surface area contributed by atoms with Crippen molar-refractivity contribution in [1.82, 2.24) is 15.6 Å². The van der Waals surface area contributed by atoms with E-state index < -0.39 is 5.60 Å². The van der Waals surface area contributed by atoms with Gasteiger partial charge in [-0.15, -0.1) is 0 Å². The van der Waals surface area contributed by atoms with Crippen molar-refractivity contribution in [3.63, 3.8) is 0 Å². The number of carbonyl (C=O) groups excluding carboxylic acids is 1. The summed E-state index contributed by atoms with van der Waals surface area (Å²) in [5.41, 5.74) is 0.795. The third-order valence-electron chi connectivity index (χ3n) is 3.98. The van der Waals surface area contributed by atoms with Gasteiger partial charge in [-0.25, -0.2) is 9.42 Å². The Balaban J connectivity index is 1.54. The highest BCUT2D eigenvalue weighted by atomic mass is 79.9. The number of benzene rings is 1. The molecule has 2 aromatic rings. The molecule has 25 heavy (non-hydrogen) atoms. The van der Waals surface area contributed by atoms with E-state index in [1.165, 1.54) is 0 Å². The molecule has 1 saturated carbocycles. The number of aromatic nitrogens is 2. The molecule has 0 saturated heterocycles. The Morgan fingerprint density at radius 1 is 1.24 bits per heavy atom. The zero-order valence-electron chi connectivity index (χ0n) is 14.5. The quantitative estimate of drug-likeness (QED) is 0.813. The molecule has 1 aliphatic carbocycles. The van der Waals surface area contributed by atoms with Gasteiger partial charge in [0.15, 0.2) is 11.3 Å². The fraction of sp³-hybridized carbons (Fsp3) is 0.588. The van der Waals surface area contributed by atoms with Gasteiger partial charge in [0.2, 0.25) is 0 Å². The third kappa shape index (κ3) is 4.84. The van der Waals surface area contributed by atoms with Gasteiger partial charge in [0.25, 0.3) is 0 Å². The van der Waals surface area contributed by atoms with E-state index in [1.54, 1.807) is 0 Å². The number of nitrogens with one attached hydrogen (secondary N) is 1. The fourth-order valence-electron chi connectivity index (χ4n) is 2.90. The normalized spacial score (nSPS) is 21.1. The van der Waals surface area contributed by atoms with Crippen LogP contribution in [0.1, 0.15) is 46.5 Å². The molecule has 136 valence electrons. The number of halogens is 1. The maximum Gasteiger partial charge on any atom is 0.407 e. The summed E-state index contributed by atoms with van der Waals surface area (Å²) in [6, 6.07) is 3.82. The third-order valence-corrected chi connectivity index (χ3v) is 4.44. The van der Waals surface area contributed by atoms with Crippen molar-refractivity contribution >= 4 is 33.1 Å². The molecular weight excluding hydrogens is 390 g/mol. The lowest BCUT2D eigenvalue weighted by molar-refractivity contribution is 0.0471. The largest absolute Gasteiger partial charge is 0.488 e. The van der Waals surface area contributed by atoms with Crippen molar-refractivity contribution in [2.24, 2.45) is 0 Å². The number of hydrogen-bond donors (Lipinski definition) is 1. The van der Waals surface area contributed by atoms with Gasteiger partial charge < -0.3 is 14.8 Å². The molecule has 0 unspecified atom stereocenters. The van der Waals surface area contributed by atoms with Crippen molar-refractivity contribution in [1.29, 1.82) is 0 Å². The Bertz CT molecular complexity index is 748. The highest BCUT2D eigenvalue weighted by Crippen LogP contribution is 2.31. The minimum atomic E-state index is -0.484. The minimum absolute atomic E-state index is 0.0749. The van der Waals surface area contributed by atoms with Crippen LogP contribution in [0.4, 0.5) is 4.79 Å². The highest BCUT2D eigenvalue weighted by molar-refractivity contribution is 9.10. The molecule has 8 heteroatoms. The maximum absolute atomic E-state index is 11.9. The van der Waals surface area contributed by atoms with Crippen LogP contribution in [0.25, 0.3) is 11.0 Å². The van der Waals surface area contributed by atoms with Crippen LogP contribution < -0.4 is 10.1 Å². The molecule has 0 aliphatic heterocycles. The number of carbonyl (C=O) groups is 1. The molecular formula is C17H22BrN3O4. The Hall–Kier alpha value is -1.83. The first-order valence-corrected chi connectivity index (χ1v) is 9.17. The number of hydrogen-bond acceptors (Lipinski definition) is 6. The van der Waals surface area contributed by atoms with E-state index >= 15 is 0 Å². The first kappa shape index (κ1) is 18.0. The van der Waals surface area contributed by atoms with E-state index in [-0.39, 0.29) is 18.2 Å². The molecule has 1 aliphatic rings. The first-order chi connectivity index (χ1) is 11.8. The zero-order chi connectivity index (χ0) is 18.0. The van der Waals surface area contributed by atoms with Crippen LogP contribution in [0.3, 0.4) is 0 Å². The Labute approximate surface area is 154 Å². The second-order valence-electron chi connectivity index (χ2n) is 7.27. The standard InChI is InChI=1S/C17H22BrN3O4/c1-17(2,3)24-16(22)19-11-4-6-12(7-5-11)23-14-9-10(18)8-13-15(14)21-25-20-13/h8-9,11-12H,4-7H2,1-3H3,(H,19,22). The van der Waals surface area contributed by atoms with E-state index in [2.05, 4.69) is 31.6 Å². The topological polar surface area (TPSA) is 86.5 Å².